The summed E-state index contributed by atoms with van der Waals surface area (Å²) >= 11 is 0. The average Bonchev–Trinajstić information content (AvgIpc) is 2.94. The number of aromatic nitrogens is 2. The standard InChI is InChI=1S/C30H50N10/c1-3-27-23-37-15-7-31-11-19-39(20-12-32-8-16-37)25-29-5-2-6-30(36-29)26-40-21-13-33-9-17-38(18-10-34-14-22-40)24-28(4-1)35-27/h1-6,31-34H,7-26H2. The number of hydrogen-bond donors (Lipinski definition) is 4. The van der Waals surface area contributed by atoms with E-state index in [0.717, 1.165) is 131 Å². The number of hydrogen-bond acceptors (Lipinski definition) is 10. The van der Waals surface area contributed by atoms with Gasteiger partial charge in [0.05, 0.1) is 22.8 Å². The van der Waals surface area contributed by atoms with Gasteiger partial charge in [-0.25, -0.2) is 0 Å². The third-order valence-corrected chi connectivity index (χ3v) is 8.11. The number of pyridine rings is 2. The summed E-state index contributed by atoms with van der Waals surface area (Å²) in [6.45, 7) is 19.7. The van der Waals surface area contributed by atoms with Crippen molar-refractivity contribution in [3.8, 4) is 0 Å². The van der Waals surface area contributed by atoms with Gasteiger partial charge in [-0.05, 0) is 24.3 Å². The molecule has 0 radical (unpaired) electrons. The van der Waals surface area contributed by atoms with E-state index in [9.17, 15) is 0 Å². The van der Waals surface area contributed by atoms with Crippen LogP contribution in [-0.2, 0) is 26.2 Å². The van der Waals surface area contributed by atoms with Gasteiger partial charge in [0.25, 0.3) is 0 Å². The van der Waals surface area contributed by atoms with Crippen LogP contribution in [0.3, 0.4) is 0 Å². The maximum atomic E-state index is 5.11. The van der Waals surface area contributed by atoms with Gasteiger partial charge in [-0.2, -0.15) is 0 Å². The second kappa shape index (κ2) is 16.4. The van der Waals surface area contributed by atoms with E-state index >= 15 is 0 Å². The van der Waals surface area contributed by atoms with Gasteiger partial charge in [-0.1, -0.05) is 12.1 Å². The lowest BCUT2D eigenvalue weighted by molar-refractivity contribution is 0.225. The third-order valence-electron chi connectivity index (χ3n) is 8.11. The molecule has 4 N–H and O–H groups in total. The Bertz CT molecular complexity index is 830. The van der Waals surface area contributed by atoms with Gasteiger partial charge in [0.2, 0.25) is 0 Å². The Morgan fingerprint density at radius 3 is 0.825 bits per heavy atom. The summed E-state index contributed by atoms with van der Waals surface area (Å²) in [7, 11) is 0. The fraction of sp³-hybridized carbons (Fsp3) is 0.667. The van der Waals surface area contributed by atoms with E-state index in [1.807, 2.05) is 0 Å². The smallest absolute Gasteiger partial charge is 0.0547 e. The molecule has 2 fully saturated rings. The minimum atomic E-state index is 0.894. The highest BCUT2D eigenvalue weighted by molar-refractivity contribution is 5.12. The van der Waals surface area contributed by atoms with Gasteiger partial charge in [-0.15, -0.1) is 0 Å². The largest absolute Gasteiger partial charge is 0.314 e. The van der Waals surface area contributed by atoms with Crippen molar-refractivity contribution in [3.63, 3.8) is 0 Å². The monoisotopic (exact) mass is 550 g/mol. The molecular weight excluding hydrogens is 500 g/mol. The molecule has 220 valence electrons. The maximum absolute atomic E-state index is 5.11. The van der Waals surface area contributed by atoms with Crippen LogP contribution in [0.1, 0.15) is 22.8 Å². The van der Waals surface area contributed by atoms with Crippen LogP contribution < -0.4 is 21.3 Å². The molecule has 2 aromatic heterocycles. The van der Waals surface area contributed by atoms with Crippen molar-refractivity contribution in [3.05, 3.63) is 59.2 Å². The van der Waals surface area contributed by atoms with Gasteiger partial charge in [0.15, 0.2) is 0 Å². The Balaban J connectivity index is 1.34. The Morgan fingerprint density at radius 1 is 0.375 bits per heavy atom. The van der Waals surface area contributed by atoms with Crippen LogP contribution >= 0.6 is 0 Å². The highest BCUT2D eigenvalue weighted by Gasteiger charge is 2.15. The molecule has 2 saturated heterocycles. The van der Waals surface area contributed by atoms with E-state index in [2.05, 4.69) is 77.3 Å². The molecule has 6 aliphatic heterocycles. The molecule has 0 atom stereocenters. The van der Waals surface area contributed by atoms with E-state index in [1.54, 1.807) is 0 Å². The highest BCUT2D eigenvalue weighted by atomic mass is 15.2. The van der Waals surface area contributed by atoms with Gasteiger partial charge in [0, 0.05) is 131 Å². The van der Waals surface area contributed by atoms with Gasteiger partial charge in [0.1, 0.15) is 0 Å². The van der Waals surface area contributed by atoms with Crippen molar-refractivity contribution in [2.45, 2.75) is 26.2 Å². The second-order valence-corrected chi connectivity index (χ2v) is 11.3. The molecule has 8 bridgehead atoms. The molecule has 6 aliphatic rings. The van der Waals surface area contributed by atoms with Crippen LogP contribution in [0.2, 0.25) is 0 Å². The lowest BCUT2D eigenvalue weighted by Gasteiger charge is -2.28. The molecule has 2 aromatic rings. The molecule has 8 heterocycles. The number of nitrogens with one attached hydrogen (secondary N) is 4. The van der Waals surface area contributed by atoms with Crippen molar-refractivity contribution in [2.24, 2.45) is 0 Å². The Kier molecular flexibility index (Phi) is 12.1. The van der Waals surface area contributed by atoms with Crippen molar-refractivity contribution >= 4 is 0 Å². The first-order chi connectivity index (χ1) is 19.8. The van der Waals surface area contributed by atoms with Gasteiger partial charge in [-0.3, -0.25) is 29.6 Å². The van der Waals surface area contributed by atoms with E-state index in [-0.39, 0.29) is 0 Å². The Hall–Kier alpha value is -2.02. The van der Waals surface area contributed by atoms with E-state index < -0.39 is 0 Å². The molecule has 0 saturated carbocycles. The molecule has 0 unspecified atom stereocenters. The average molecular weight is 551 g/mol. The molecule has 8 rings (SSSR count). The van der Waals surface area contributed by atoms with Crippen LogP contribution in [0, 0.1) is 0 Å². The molecule has 10 nitrogen and oxygen atoms in total. The SMILES string of the molecule is c1cc2nc(c1)CN1CCNCCN(CCNCC1)Cc1cccc(n1)CN1CCNCCN(CCNCC1)C2. The number of rotatable bonds is 0. The summed E-state index contributed by atoms with van der Waals surface area (Å²) in [5.41, 5.74) is 4.69. The molecule has 0 spiro atoms. The van der Waals surface area contributed by atoms with Crippen LogP contribution in [0.15, 0.2) is 36.4 Å². The molecule has 40 heavy (non-hydrogen) atoms. The first kappa shape index (κ1) is 29.5. The van der Waals surface area contributed by atoms with Crippen LogP contribution in [0.25, 0.3) is 0 Å². The molecule has 0 aliphatic carbocycles. The molecule has 0 aromatic carbocycles. The summed E-state index contributed by atoms with van der Waals surface area (Å²) in [4.78, 5) is 20.3. The van der Waals surface area contributed by atoms with Crippen molar-refractivity contribution in [1.82, 2.24) is 50.8 Å². The fourth-order valence-corrected chi connectivity index (χ4v) is 5.80. The normalized spacial score (nSPS) is 28.6. The Labute approximate surface area is 240 Å². The summed E-state index contributed by atoms with van der Waals surface area (Å²) in [6, 6.07) is 13.1. The minimum Gasteiger partial charge on any atom is -0.314 e. The summed E-state index contributed by atoms with van der Waals surface area (Å²) in [6.07, 6.45) is 0. The van der Waals surface area contributed by atoms with E-state index in [1.165, 1.54) is 22.8 Å². The highest BCUT2D eigenvalue weighted by Crippen LogP contribution is 2.09. The molecule has 0 amide bonds. The van der Waals surface area contributed by atoms with Gasteiger partial charge >= 0.3 is 0 Å². The zero-order chi connectivity index (χ0) is 27.2. The first-order valence-corrected chi connectivity index (χ1v) is 15.4. The van der Waals surface area contributed by atoms with Crippen molar-refractivity contribution in [1.29, 1.82) is 0 Å². The van der Waals surface area contributed by atoms with Crippen LogP contribution in [0.4, 0.5) is 0 Å². The summed E-state index contributed by atoms with van der Waals surface area (Å²) in [5.74, 6) is 0. The van der Waals surface area contributed by atoms with E-state index in [0.29, 0.717) is 0 Å². The van der Waals surface area contributed by atoms with E-state index in [4.69, 9.17) is 9.97 Å². The zero-order valence-corrected chi connectivity index (χ0v) is 24.3. The maximum Gasteiger partial charge on any atom is 0.0547 e. The van der Waals surface area contributed by atoms with Crippen molar-refractivity contribution < 1.29 is 0 Å². The number of nitrogens with zero attached hydrogens (tertiary/aromatic N) is 6. The van der Waals surface area contributed by atoms with Gasteiger partial charge < -0.3 is 21.3 Å². The molecule has 10 heteroatoms. The zero-order valence-electron chi connectivity index (χ0n) is 24.3. The predicted molar refractivity (Wildman–Crippen MR) is 161 cm³/mol. The topological polar surface area (TPSA) is 86.9 Å². The lowest BCUT2D eigenvalue weighted by atomic mass is 10.2. The predicted octanol–water partition coefficient (Wildman–Crippen LogP) is -0.216. The summed E-state index contributed by atoms with van der Waals surface area (Å²) < 4.78 is 0. The summed E-state index contributed by atoms with van der Waals surface area (Å²) in [5, 5.41) is 14.8. The second-order valence-electron chi connectivity index (χ2n) is 11.3. The van der Waals surface area contributed by atoms with Crippen LogP contribution in [-0.4, -0.2) is 134 Å². The fourth-order valence-electron chi connectivity index (χ4n) is 5.80. The lowest BCUT2D eigenvalue weighted by Crippen LogP contribution is -2.43. The quantitative estimate of drug-likeness (QED) is 0.353. The first-order valence-electron chi connectivity index (χ1n) is 15.4. The van der Waals surface area contributed by atoms with Crippen molar-refractivity contribution in [2.75, 3.05) is 105 Å². The minimum absolute atomic E-state index is 0.894. The third kappa shape index (κ3) is 10.1. The Morgan fingerprint density at radius 2 is 0.600 bits per heavy atom. The van der Waals surface area contributed by atoms with Crippen LogP contribution in [0.5, 0.6) is 0 Å². The molecular formula is C30H50N10.